The van der Waals surface area contributed by atoms with E-state index >= 15 is 0 Å². The molecule has 0 aliphatic carbocycles. The highest BCUT2D eigenvalue weighted by Gasteiger charge is 2.19. The average Bonchev–Trinajstić information content (AvgIpc) is 3.15. The minimum Gasteiger partial charge on any atom is -0.465 e. The smallest absolute Gasteiger partial charge is 0.316 e. The number of nitrogens with zero attached hydrogens (tertiary/aromatic N) is 3. The van der Waals surface area contributed by atoms with Crippen LogP contribution in [0.15, 0.2) is 63.5 Å². The molecule has 1 aromatic heterocycles. The van der Waals surface area contributed by atoms with E-state index in [0.717, 1.165) is 11.8 Å². The molecule has 3 rings (SSSR count). The highest BCUT2D eigenvalue weighted by Crippen LogP contribution is 2.29. The largest absolute Gasteiger partial charge is 0.465 e. The molecule has 0 amide bonds. The monoisotopic (exact) mass is 497 g/mol. The number of rotatable bonds is 8. The number of benzene rings is 2. The second kappa shape index (κ2) is 9.38. The fourth-order valence-corrected chi connectivity index (χ4v) is 4.47. The molecule has 4 N–H and O–H groups in total. The van der Waals surface area contributed by atoms with Gasteiger partial charge in [-0.1, -0.05) is 11.8 Å². The van der Waals surface area contributed by atoms with Gasteiger partial charge in [0.1, 0.15) is 0 Å². The van der Waals surface area contributed by atoms with Crippen molar-refractivity contribution < 1.29 is 26.4 Å². The molecule has 1 heterocycles. The zero-order chi connectivity index (χ0) is 23.5. The van der Waals surface area contributed by atoms with E-state index in [1.54, 1.807) is 11.5 Å². The maximum atomic E-state index is 11.8. The van der Waals surface area contributed by atoms with Crippen molar-refractivity contribution in [1.29, 1.82) is 0 Å². The fraction of sp³-hybridized carbons (Fsp3) is 0.167. The number of thioether (sulfide) groups is 1. The standard InChI is InChI=1S/C18H19N5O6S3/c1-2-29-16(24)11-30-18-22-21-17(12-3-7-14(8-4-12)31(19,25)26)23(18)13-5-9-15(10-6-13)32(20,27)28/h3-10H,2,11H2,1H3,(H2,19,25,26)(H2,20,27,28). The molecule has 14 heteroatoms. The molecule has 3 aromatic rings. The minimum absolute atomic E-state index is 0.0222. The van der Waals surface area contributed by atoms with Crippen molar-refractivity contribution in [2.24, 2.45) is 10.3 Å². The first-order chi connectivity index (χ1) is 15.0. The van der Waals surface area contributed by atoms with Crippen LogP contribution in [0.1, 0.15) is 6.92 Å². The van der Waals surface area contributed by atoms with Gasteiger partial charge in [-0.05, 0) is 55.5 Å². The van der Waals surface area contributed by atoms with Crippen molar-refractivity contribution in [3.8, 4) is 17.1 Å². The zero-order valence-electron chi connectivity index (χ0n) is 16.7. The molecular formula is C18H19N5O6S3. The molecule has 0 spiro atoms. The predicted molar refractivity (Wildman–Crippen MR) is 117 cm³/mol. The number of sulfonamides is 2. The van der Waals surface area contributed by atoms with Crippen LogP contribution in [0.3, 0.4) is 0 Å². The number of esters is 1. The normalized spacial score (nSPS) is 12.0. The van der Waals surface area contributed by atoms with E-state index in [4.69, 9.17) is 15.0 Å². The van der Waals surface area contributed by atoms with E-state index in [2.05, 4.69) is 10.2 Å². The van der Waals surface area contributed by atoms with Gasteiger partial charge < -0.3 is 4.74 Å². The van der Waals surface area contributed by atoms with Crippen LogP contribution in [-0.4, -0.2) is 49.9 Å². The summed E-state index contributed by atoms with van der Waals surface area (Å²) in [5.41, 5.74) is 1.02. The van der Waals surface area contributed by atoms with Crippen LogP contribution in [0, 0.1) is 0 Å². The molecule has 0 saturated heterocycles. The Kier molecular flexibility index (Phi) is 7.00. The first-order valence-corrected chi connectivity index (χ1v) is 13.1. The lowest BCUT2D eigenvalue weighted by Crippen LogP contribution is -2.12. The Morgan fingerprint density at radius 3 is 1.97 bits per heavy atom. The second-order valence-corrected chi connectivity index (χ2v) is 10.4. The van der Waals surface area contributed by atoms with Gasteiger partial charge in [0.25, 0.3) is 0 Å². The summed E-state index contributed by atoms with van der Waals surface area (Å²) in [6.07, 6.45) is 0. The number of hydrogen-bond donors (Lipinski definition) is 2. The van der Waals surface area contributed by atoms with E-state index in [1.807, 2.05) is 0 Å². The van der Waals surface area contributed by atoms with Crippen LogP contribution in [0.2, 0.25) is 0 Å². The van der Waals surface area contributed by atoms with Crippen molar-refractivity contribution in [2.75, 3.05) is 12.4 Å². The summed E-state index contributed by atoms with van der Waals surface area (Å²) in [5.74, 6) is -0.123. The molecule has 32 heavy (non-hydrogen) atoms. The molecule has 0 unspecified atom stereocenters. The topological polar surface area (TPSA) is 177 Å². The molecule has 0 radical (unpaired) electrons. The van der Waals surface area contributed by atoms with Crippen molar-refractivity contribution in [3.63, 3.8) is 0 Å². The van der Waals surface area contributed by atoms with Gasteiger partial charge in [-0.25, -0.2) is 27.1 Å². The maximum absolute atomic E-state index is 11.8. The molecule has 0 fully saturated rings. The third-order valence-corrected chi connectivity index (χ3v) is 6.88. The molecule has 0 aliphatic heterocycles. The van der Waals surface area contributed by atoms with Crippen molar-refractivity contribution >= 4 is 37.8 Å². The van der Waals surface area contributed by atoms with Gasteiger partial charge in [0.15, 0.2) is 11.0 Å². The van der Waals surface area contributed by atoms with Gasteiger partial charge in [-0.3, -0.25) is 9.36 Å². The lowest BCUT2D eigenvalue weighted by atomic mass is 10.2. The van der Waals surface area contributed by atoms with Gasteiger partial charge in [0, 0.05) is 11.3 Å². The van der Waals surface area contributed by atoms with Crippen LogP contribution in [-0.2, 0) is 29.6 Å². The number of nitrogens with two attached hydrogens (primary N) is 2. The van der Waals surface area contributed by atoms with Crippen LogP contribution in [0.5, 0.6) is 0 Å². The summed E-state index contributed by atoms with van der Waals surface area (Å²) in [7, 11) is -7.75. The third-order valence-electron chi connectivity index (χ3n) is 4.12. The first-order valence-electron chi connectivity index (χ1n) is 9.01. The lowest BCUT2D eigenvalue weighted by molar-refractivity contribution is -0.139. The molecule has 11 nitrogen and oxygen atoms in total. The van der Waals surface area contributed by atoms with E-state index in [0.29, 0.717) is 22.2 Å². The Morgan fingerprint density at radius 1 is 0.938 bits per heavy atom. The summed E-state index contributed by atoms with van der Waals surface area (Å²) in [6.45, 7) is 1.93. The predicted octanol–water partition coefficient (Wildman–Crippen LogP) is 0.884. The molecule has 0 saturated carbocycles. The second-order valence-electron chi connectivity index (χ2n) is 6.34. The van der Waals surface area contributed by atoms with Crippen molar-refractivity contribution in [1.82, 2.24) is 14.8 Å². The maximum Gasteiger partial charge on any atom is 0.316 e. The SMILES string of the molecule is CCOC(=O)CSc1nnc(-c2ccc(S(N)(=O)=O)cc2)n1-c1ccc(S(N)(=O)=O)cc1. The summed E-state index contributed by atoms with van der Waals surface area (Å²) in [4.78, 5) is 11.6. The third kappa shape index (κ3) is 5.52. The number of aromatic nitrogens is 3. The molecule has 0 bridgehead atoms. The van der Waals surface area contributed by atoms with E-state index < -0.39 is 26.0 Å². The van der Waals surface area contributed by atoms with Gasteiger partial charge >= 0.3 is 5.97 Å². The molecule has 0 atom stereocenters. The first kappa shape index (κ1) is 23.9. The summed E-state index contributed by atoms with van der Waals surface area (Å²) in [5, 5.41) is 18.9. The number of primary sulfonamides is 2. The number of carbonyl (C=O) groups excluding carboxylic acids is 1. The van der Waals surface area contributed by atoms with Crippen LogP contribution < -0.4 is 10.3 Å². The summed E-state index contributed by atoms with van der Waals surface area (Å²) >= 11 is 1.08. The number of ether oxygens (including phenoxy) is 1. The molecule has 170 valence electrons. The average molecular weight is 498 g/mol. The number of carbonyl (C=O) groups is 1. The molecular weight excluding hydrogens is 478 g/mol. The summed E-state index contributed by atoms with van der Waals surface area (Å²) in [6, 6.07) is 11.4. The molecule has 0 aliphatic rings. The lowest BCUT2D eigenvalue weighted by Gasteiger charge is -2.11. The van der Waals surface area contributed by atoms with Crippen LogP contribution in [0.25, 0.3) is 17.1 Å². The Labute approximate surface area is 188 Å². The zero-order valence-corrected chi connectivity index (χ0v) is 19.2. The van der Waals surface area contributed by atoms with Gasteiger partial charge in [-0.15, -0.1) is 10.2 Å². The van der Waals surface area contributed by atoms with Crippen LogP contribution >= 0.6 is 11.8 Å². The minimum atomic E-state index is -3.88. The fourth-order valence-electron chi connectivity index (χ4n) is 2.69. The highest BCUT2D eigenvalue weighted by atomic mass is 32.2. The van der Waals surface area contributed by atoms with Gasteiger partial charge in [0.2, 0.25) is 20.0 Å². The summed E-state index contributed by atoms with van der Waals surface area (Å²) < 4.78 is 52.7. The Bertz CT molecular complexity index is 1330. The van der Waals surface area contributed by atoms with Gasteiger partial charge in [-0.2, -0.15) is 0 Å². The Morgan fingerprint density at radius 2 is 1.47 bits per heavy atom. The van der Waals surface area contributed by atoms with E-state index in [-0.39, 0.29) is 22.2 Å². The van der Waals surface area contributed by atoms with Gasteiger partial charge in [0.05, 0.1) is 22.2 Å². The highest BCUT2D eigenvalue weighted by molar-refractivity contribution is 7.99. The van der Waals surface area contributed by atoms with E-state index in [1.165, 1.54) is 48.5 Å². The van der Waals surface area contributed by atoms with Crippen LogP contribution in [0.4, 0.5) is 0 Å². The number of hydrogen-bond acceptors (Lipinski definition) is 9. The van der Waals surface area contributed by atoms with Crippen molar-refractivity contribution in [2.45, 2.75) is 21.9 Å². The Balaban J connectivity index is 2.07. The van der Waals surface area contributed by atoms with E-state index in [9.17, 15) is 21.6 Å². The quantitative estimate of drug-likeness (QED) is 0.338. The Hall–Kier alpha value is -2.78. The van der Waals surface area contributed by atoms with Crippen molar-refractivity contribution in [3.05, 3.63) is 48.5 Å². The molecule has 2 aromatic carbocycles.